The summed E-state index contributed by atoms with van der Waals surface area (Å²) in [5.41, 5.74) is 0.574. The lowest BCUT2D eigenvalue weighted by Crippen LogP contribution is -2.40. The average molecular weight is 394 g/mol. The minimum absolute atomic E-state index is 0.171. The molecule has 1 aromatic carbocycles. The number of alkyl carbamates (subject to hydrolysis) is 1. The van der Waals surface area contributed by atoms with E-state index in [1.807, 2.05) is 45.0 Å². The second-order valence-electron chi connectivity index (χ2n) is 7.65. The SMILES string of the molecule is CC(C)(C)OC(=O)N[C@H]1CC[C@H](c2nnc(-c3ccc(Cl)cc3)s2)CC1. The first kappa shape index (κ1) is 19.1. The average Bonchev–Trinajstić information content (AvgIpc) is 3.04. The highest BCUT2D eigenvalue weighted by atomic mass is 35.5. The third kappa shape index (κ3) is 5.17. The molecule has 0 bridgehead atoms. The van der Waals surface area contributed by atoms with Crippen LogP contribution in [0.5, 0.6) is 0 Å². The molecule has 26 heavy (non-hydrogen) atoms. The van der Waals surface area contributed by atoms with Gasteiger partial charge in [0.15, 0.2) is 0 Å². The van der Waals surface area contributed by atoms with Crippen molar-refractivity contribution in [1.82, 2.24) is 15.5 Å². The lowest BCUT2D eigenvalue weighted by Gasteiger charge is -2.29. The van der Waals surface area contributed by atoms with E-state index in [-0.39, 0.29) is 12.1 Å². The smallest absolute Gasteiger partial charge is 0.407 e. The maximum atomic E-state index is 11.9. The van der Waals surface area contributed by atoms with Crippen molar-refractivity contribution < 1.29 is 9.53 Å². The van der Waals surface area contributed by atoms with Crippen molar-refractivity contribution >= 4 is 29.0 Å². The van der Waals surface area contributed by atoms with Crippen LogP contribution >= 0.6 is 22.9 Å². The van der Waals surface area contributed by atoms with Gasteiger partial charge >= 0.3 is 6.09 Å². The first-order valence-electron chi connectivity index (χ1n) is 8.89. The quantitative estimate of drug-likeness (QED) is 0.757. The fraction of sp³-hybridized carbons (Fsp3) is 0.526. The largest absolute Gasteiger partial charge is 0.444 e. The molecular formula is C19H24ClN3O2S. The lowest BCUT2D eigenvalue weighted by atomic mass is 9.86. The van der Waals surface area contributed by atoms with Crippen LogP contribution in [0.25, 0.3) is 10.6 Å². The molecular weight excluding hydrogens is 370 g/mol. The van der Waals surface area contributed by atoms with Gasteiger partial charge in [0.05, 0.1) is 0 Å². The number of benzene rings is 1. The number of hydrogen-bond donors (Lipinski definition) is 1. The van der Waals surface area contributed by atoms with E-state index in [0.29, 0.717) is 10.9 Å². The number of nitrogens with zero attached hydrogens (tertiary/aromatic N) is 2. The minimum atomic E-state index is -0.466. The van der Waals surface area contributed by atoms with Crippen molar-refractivity contribution in [1.29, 1.82) is 0 Å². The number of rotatable bonds is 3. The molecule has 0 spiro atoms. The Morgan fingerprint density at radius 3 is 2.42 bits per heavy atom. The second-order valence-corrected chi connectivity index (χ2v) is 9.09. The highest BCUT2D eigenvalue weighted by molar-refractivity contribution is 7.14. The number of halogens is 1. The molecule has 1 aliphatic carbocycles. The van der Waals surface area contributed by atoms with Crippen LogP contribution in [0.4, 0.5) is 4.79 Å². The Balaban J connectivity index is 1.54. The number of nitrogens with one attached hydrogen (secondary N) is 1. The number of ether oxygens (including phenoxy) is 1. The van der Waals surface area contributed by atoms with Crippen molar-refractivity contribution in [2.24, 2.45) is 0 Å². The van der Waals surface area contributed by atoms with Gasteiger partial charge in [0.25, 0.3) is 0 Å². The van der Waals surface area contributed by atoms with E-state index < -0.39 is 5.60 Å². The monoisotopic (exact) mass is 393 g/mol. The predicted octanol–water partition coefficient (Wildman–Crippen LogP) is 5.41. The van der Waals surface area contributed by atoms with E-state index in [2.05, 4.69) is 15.5 Å². The van der Waals surface area contributed by atoms with E-state index in [4.69, 9.17) is 16.3 Å². The summed E-state index contributed by atoms with van der Waals surface area (Å²) in [7, 11) is 0. The molecule has 1 aliphatic rings. The summed E-state index contributed by atoms with van der Waals surface area (Å²) in [5, 5.41) is 14.4. The molecule has 2 aromatic rings. The number of carbonyl (C=O) groups excluding carboxylic acids is 1. The molecule has 1 heterocycles. The van der Waals surface area contributed by atoms with E-state index in [1.165, 1.54) is 0 Å². The van der Waals surface area contributed by atoms with Crippen molar-refractivity contribution in [2.75, 3.05) is 0 Å². The molecule has 7 heteroatoms. The number of amides is 1. The Hall–Kier alpha value is -1.66. The first-order valence-corrected chi connectivity index (χ1v) is 10.1. The zero-order chi connectivity index (χ0) is 18.7. The third-order valence-electron chi connectivity index (χ3n) is 4.33. The minimum Gasteiger partial charge on any atom is -0.444 e. The Morgan fingerprint density at radius 2 is 1.81 bits per heavy atom. The fourth-order valence-corrected chi connectivity index (χ4v) is 4.21. The highest BCUT2D eigenvalue weighted by Crippen LogP contribution is 2.36. The molecule has 0 aliphatic heterocycles. The molecule has 3 rings (SSSR count). The highest BCUT2D eigenvalue weighted by Gasteiger charge is 2.27. The summed E-state index contributed by atoms with van der Waals surface area (Å²) in [6.45, 7) is 5.62. The van der Waals surface area contributed by atoms with Crippen LogP contribution in [0.1, 0.15) is 57.4 Å². The van der Waals surface area contributed by atoms with E-state index in [9.17, 15) is 4.79 Å². The molecule has 0 radical (unpaired) electrons. The molecule has 1 saturated carbocycles. The zero-order valence-corrected chi connectivity index (χ0v) is 16.9. The van der Waals surface area contributed by atoms with Crippen LogP contribution in [0.2, 0.25) is 5.02 Å². The summed E-state index contributed by atoms with van der Waals surface area (Å²) >= 11 is 7.58. The van der Waals surface area contributed by atoms with E-state index in [0.717, 1.165) is 41.3 Å². The van der Waals surface area contributed by atoms with Gasteiger partial charge in [0, 0.05) is 22.5 Å². The number of aromatic nitrogens is 2. The summed E-state index contributed by atoms with van der Waals surface area (Å²) < 4.78 is 5.33. The first-order chi connectivity index (χ1) is 12.3. The van der Waals surface area contributed by atoms with E-state index in [1.54, 1.807) is 11.3 Å². The van der Waals surface area contributed by atoms with Crippen LogP contribution in [0, 0.1) is 0 Å². The third-order valence-corrected chi connectivity index (χ3v) is 5.72. The summed E-state index contributed by atoms with van der Waals surface area (Å²) in [4.78, 5) is 11.9. The molecule has 140 valence electrons. The summed E-state index contributed by atoms with van der Waals surface area (Å²) in [5.74, 6) is 0.408. The van der Waals surface area contributed by atoms with Gasteiger partial charge in [-0.25, -0.2) is 4.79 Å². The van der Waals surface area contributed by atoms with Crippen LogP contribution in [-0.4, -0.2) is 27.9 Å². The molecule has 5 nitrogen and oxygen atoms in total. The lowest BCUT2D eigenvalue weighted by molar-refractivity contribution is 0.0491. The van der Waals surface area contributed by atoms with Crippen molar-refractivity contribution in [3.8, 4) is 10.6 Å². The van der Waals surface area contributed by atoms with Crippen molar-refractivity contribution in [3.63, 3.8) is 0 Å². The molecule has 0 saturated heterocycles. The predicted molar refractivity (Wildman–Crippen MR) is 105 cm³/mol. The molecule has 1 aromatic heterocycles. The number of carbonyl (C=O) groups is 1. The Morgan fingerprint density at radius 1 is 1.15 bits per heavy atom. The van der Waals surface area contributed by atoms with Crippen LogP contribution in [0.3, 0.4) is 0 Å². The molecule has 1 fully saturated rings. The van der Waals surface area contributed by atoms with Gasteiger partial charge in [-0.1, -0.05) is 35.1 Å². The van der Waals surface area contributed by atoms with Gasteiger partial charge in [-0.3, -0.25) is 0 Å². The van der Waals surface area contributed by atoms with Gasteiger partial charge in [-0.15, -0.1) is 10.2 Å². The van der Waals surface area contributed by atoms with Gasteiger partial charge < -0.3 is 10.1 Å². The van der Waals surface area contributed by atoms with Crippen LogP contribution in [0.15, 0.2) is 24.3 Å². The number of hydrogen-bond acceptors (Lipinski definition) is 5. The van der Waals surface area contributed by atoms with Gasteiger partial charge in [0.1, 0.15) is 15.6 Å². The molecule has 0 unspecified atom stereocenters. The Kier molecular flexibility index (Phi) is 5.82. The fourth-order valence-electron chi connectivity index (χ4n) is 3.07. The van der Waals surface area contributed by atoms with Crippen LogP contribution in [-0.2, 0) is 4.74 Å². The Bertz CT molecular complexity index is 747. The van der Waals surface area contributed by atoms with Crippen molar-refractivity contribution in [3.05, 3.63) is 34.3 Å². The summed E-state index contributed by atoms with van der Waals surface area (Å²) in [6, 6.07) is 7.84. The second kappa shape index (κ2) is 7.92. The topological polar surface area (TPSA) is 64.1 Å². The zero-order valence-electron chi connectivity index (χ0n) is 15.3. The maximum absolute atomic E-state index is 11.9. The Labute approximate surface area is 163 Å². The van der Waals surface area contributed by atoms with Gasteiger partial charge in [-0.05, 0) is 58.6 Å². The van der Waals surface area contributed by atoms with Gasteiger partial charge in [0.2, 0.25) is 0 Å². The molecule has 1 N–H and O–H groups in total. The van der Waals surface area contributed by atoms with Crippen molar-refractivity contribution in [2.45, 2.75) is 64.0 Å². The van der Waals surface area contributed by atoms with Gasteiger partial charge in [-0.2, -0.15) is 0 Å². The molecule has 1 amide bonds. The maximum Gasteiger partial charge on any atom is 0.407 e. The molecule has 0 atom stereocenters. The normalized spacial score (nSPS) is 20.6. The van der Waals surface area contributed by atoms with Crippen LogP contribution < -0.4 is 5.32 Å². The standard InChI is InChI=1S/C19H24ClN3O2S/c1-19(2,3)25-18(24)21-15-10-6-13(7-11-15)17-23-22-16(26-17)12-4-8-14(20)9-5-12/h4-5,8-9,13,15H,6-7,10-11H2,1-3H3,(H,21,24)/t13-,15-. The van der Waals surface area contributed by atoms with E-state index >= 15 is 0 Å². The summed E-state index contributed by atoms with van der Waals surface area (Å²) in [6.07, 6.45) is 3.52.